The van der Waals surface area contributed by atoms with Crippen LogP contribution in [0.5, 0.6) is 6.01 Å². The largest absolute Gasteiger partial charge is 0.460 e. The van der Waals surface area contributed by atoms with Crippen LogP contribution in [0.25, 0.3) is 0 Å². The fourth-order valence-corrected chi connectivity index (χ4v) is 1.65. The number of imidazole rings is 1. The highest BCUT2D eigenvalue weighted by Crippen LogP contribution is 2.13. The molecule has 1 aromatic rings. The van der Waals surface area contributed by atoms with E-state index in [9.17, 15) is 0 Å². The molecule has 1 N–H and O–H groups in total. The fraction of sp³-hybridized carbons (Fsp3) is 0.667. The Kier molecular flexibility index (Phi) is 2.49. The lowest BCUT2D eigenvalue weighted by Gasteiger charge is -2.12. The maximum absolute atomic E-state index is 5.64. The normalized spacial score (nSPS) is 23.6. The van der Waals surface area contributed by atoms with Gasteiger partial charge in [0, 0.05) is 25.5 Å². The Morgan fingerprint density at radius 2 is 2.69 bits per heavy atom. The highest BCUT2D eigenvalue weighted by atomic mass is 16.5. The summed E-state index contributed by atoms with van der Waals surface area (Å²) >= 11 is 0. The minimum Gasteiger partial charge on any atom is -0.460 e. The minimum atomic E-state index is 0.311. The molecule has 1 unspecified atom stereocenters. The third-order valence-corrected chi connectivity index (χ3v) is 2.43. The van der Waals surface area contributed by atoms with Crippen LogP contribution in [0, 0.1) is 0 Å². The standard InChI is InChI=1S/C9H15N3O/c1-2-12-6-3-8(7-12)13-9-10-4-5-11-9/h4-5,8H,2-3,6-7H2,1H3,(H,10,11). The molecule has 0 saturated carbocycles. The predicted molar refractivity (Wildman–Crippen MR) is 49.7 cm³/mol. The number of hydrogen-bond acceptors (Lipinski definition) is 3. The van der Waals surface area contributed by atoms with Crippen LogP contribution in [0.3, 0.4) is 0 Å². The van der Waals surface area contributed by atoms with E-state index in [4.69, 9.17) is 4.74 Å². The molecule has 1 aliphatic rings. The number of hydrogen-bond donors (Lipinski definition) is 1. The maximum Gasteiger partial charge on any atom is 0.293 e. The molecule has 72 valence electrons. The summed E-state index contributed by atoms with van der Waals surface area (Å²) in [6, 6.07) is 0.642. The van der Waals surface area contributed by atoms with Gasteiger partial charge in [-0.15, -0.1) is 0 Å². The summed E-state index contributed by atoms with van der Waals surface area (Å²) < 4.78 is 5.64. The molecule has 1 atom stereocenters. The Hall–Kier alpha value is -1.03. The number of ether oxygens (including phenoxy) is 1. The third-order valence-electron chi connectivity index (χ3n) is 2.43. The fourth-order valence-electron chi connectivity index (χ4n) is 1.65. The number of likely N-dealkylation sites (tertiary alicyclic amines) is 1. The van der Waals surface area contributed by atoms with E-state index in [1.807, 2.05) is 0 Å². The maximum atomic E-state index is 5.64. The monoisotopic (exact) mass is 181 g/mol. The topological polar surface area (TPSA) is 41.1 Å². The number of likely N-dealkylation sites (N-methyl/N-ethyl adjacent to an activating group) is 1. The number of aromatic amines is 1. The first-order valence-corrected chi connectivity index (χ1v) is 4.77. The van der Waals surface area contributed by atoms with Crippen LogP contribution in [0.2, 0.25) is 0 Å². The number of rotatable bonds is 3. The molecule has 0 spiro atoms. The number of aromatic nitrogens is 2. The van der Waals surface area contributed by atoms with Gasteiger partial charge < -0.3 is 9.72 Å². The summed E-state index contributed by atoms with van der Waals surface area (Å²) in [6.07, 6.45) is 4.91. The lowest BCUT2D eigenvalue weighted by Crippen LogP contribution is -2.24. The molecule has 0 amide bonds. The van der Waals surface area contributed by atoms with Gasteiger partial charge >= 0.3 is 0 Å². The zero-order chi connectivity index (χ0) is 9.10. The van der Waals surface area contributed by atoms with Gasteiger partial charge in [0.1, 0.15) is 6.10 Å². The van der Waals surface area contributed by atoms with Crippen molar-refractivity contribution in [3.63, 3.8) is 0 Å². The van der Waals surface area contributed by atoms with Crippen LogP contribution >= 0.6 is 0 Å². The second-order valence-electron chi connectivity index (χ2n) is 3.32. The average Bonchev–Trinajstić information content (AvgIpc) is 2.76. The smallest absolute Gasteiger partial charge is 0.293 e. The molecular formula is C9H15N3O. The average molecular weight is 181 g/mol. The van der Waals surface area contributed by atoms with E-state index in [0.717, 1.165) is 26.1 Å². The van der Waals surface area contributed by atoms with Gasteiger partial charge in [-0.05, 0) is 13.0 Å². The minimum absolute atomic E-state index is 0.311. The first-order chi connectivity index (χ1) is 6.38. The lowest BCUT2D eigenvalue weighted by atomic mass is 10.3. The Labute approximate surface area is 77.9 Å². The Balaban J connectivity index is 1.84. The molecule has 1 saturated heterocycles. The van der Waals surface area contributed by atoms with Crippen molar-refractivity contribution in [3.8, 4) is 6.01 Å². The van der Waals surface area contributed by atoms with Crippen LogP contribution in [-0.2, 0) is 0 Å². The number of nitrogens with one attached hydrogen (secondary N) is 1. The van der Waals surface area contributed by atoms with Gasteiger partial charge in [0.25, 0.3) is 6.01 Å². The van der Waals surface area contributed by atoms with Crippen molar-refractivity contribution in [3.05, 3.63) is 12.4 Å². The van der Waals surface area contributed by atoms with E-state index in [1.54, 1.807) is 12.4 Å². The van der Waals surface area contributed by atoms with Crippen molar-refractivity contribution in [1.82, 2.24) is 14.9 Å². The van der Waals surface area contributed by atoms with Crippen LogP contribution in [0.1, 0.15) is 13.3 Å². The van der Waals surface area contributed by atoms with Crippen molar-refractivity contribution in [2.75, 3.05) is 19.6 Å². The van der Waals surface area contributed by atoms with Crippen LogP contribution in [0.4, 0.5) is 0 Å². The Morgan fingerprint density at radius 3 is 3.31 bits per heavy atom. The predicted octanol–water partition coefficient (Wildman–Crippen LogP) is 0.883. The summed E-state index contributed by atoms with van der Waals surface area (Å²) in [7, 11) is 0. The van der Waals surface area contributed by atoms with E-state index >= 15 is 0 Å². The van der Waals surface area contributed by atoms with Gasteiger partial charge in [0.2, 0.25) is 0 Å². The van der Waals surface area contributed by atoms with E-state index in [1.165, 1.54) is 0 Å². The van der Waals surface area contributed by atoms with Gasteiger partial charge in [0.15, 0.2) is 0 Å². The molecule has 0 aliphatic carbocycles. The van der Waals surface area contributed by atoms with Crippen molar-refractivity contribution >= 4 is 0 Å². The summed E-state index contributed by atoms with van der Waals surface area (Å²) in [5, 5.41) is 0. The number of H-pyrrole nitrogens is 1. The van der Waals surface area contributed by atoms with Crippen LogP contribution in [0.15, 0.2) is 12.4 Å². The van der Waals surface area contributed by atoms with Gasteiger partial charge in [-0.3, -0.25) is 4.90 Å². The molecule has 1 aromatic heterocycles. The SMILES string of the molecule is CCN1CCC(Oc2ncc[nH]2)C1. The second kappa shape index (κ2) is 3.79. The van der Waals surface area contributed by atoms with Crippen molar-refractivity contribution in [1.29, 1.82) is 0 Å². The third kappa shape index (κ3) is 2.01. The highest BCUT2D eigenvalue weighted by molar-refractivity contribution is 4.94. The highest BCUT2D eigenvalue weighted by Gasteiger charge is 2.22. The van der Waals surface area contributed by atoms with Crippen LogP contribution < -0.4 is 4.74 Å². The molecule has 13 heavy (non-hydrogen) atoms. The molecule has 1 fully saturated rings. The molecule has 0 bridgehead atoms. The quantitative estimate of drug-likeness (QED) is 0.752. The first kappa shape index (κ1) is 8.56. The Bertz CT molecular complexity index is 247. The van der Waals surface area contributed by atoms with E-state index in [0.29, 0.717) is 12.1 Å². The molecule has 1 aliphatic heterocycles. The van der Waals surface area contributed by atoms with E-state index < -0.39 is 0 Å². The Morgan fingerprint density at radius 1 is 1.77 bits per heavy atom. The summed E-state index contributed by atoms with van der Waals surface area (Å²) in [4.78, 5) is 9.36. The molecule has 2 rings (SSSR count). The van der Waals surface area contributed by atoms with Gasteiger partial charge in [-0.25, -0.2) is 4.98 Å². The lowest BCUT2D eigenvalue weighted by molar-refractivity contribution is 0.188. The first-order valence-electron chi connectivity index (χ1n) is 4.77. The van der Waals surface area contributed by atoms with Crippen molar-refractivity contribution in [2.45, 2.75) is 19.4 Å². The molecule has 4 nitrogen and oxygen atoms in total. The number of nitrogens with zero attached hydrogens (tertiary/aromatic N) is 2. The molecule has 0 radical (unpaired) electrons. The van der Waals surface area contributed by atoms with Gasteiger partial charge in [-0.1, -0.05) is 6.92 Å². The second-order valence-corrected chi connectivity index (χ2v) is 3.32. The zero-order valence-electron chi connectivity index (χ0n) is 7.86. The van der Waals surface area contributed by atoms with Gasteiger partial charge in [-0.2, -0.15) is 0 Å². The molecule has 0 aromatic carbocycles. The molecule has 2 heterocycles. The van der Waals surface area contributed by atoms with E-state index in [-0.39, 0.29) is 0 Å². The summed E-state index contributed by atoms with van der Waals surface area (Å²) in [5.41, 5.74) is 0. The summed E-state index contributed by atoms with van der Waals surface area (Å²) in [6.45, 7) is 5.45. The van der Waals surface area contributed by atoms with Crippen molar-refractivity contribution in [2.24, 2.45) is 0 Å². The molecule has 4 heteroatoms. The van der Waals surface area contributed by atoms with E-state index in [2.05, 4.69) is 21.8 Å². The van der Waals surface area contributed by atoms with Gasteiger partial charge in [0.05, 0.1) is 0 Å². The molecular weight excluding hydrogens is 166 g/mol. The zero-order valence-corrected chi connectivity index (χ0v) is 7.86. The van der Waals surface area contributed by atoms with Crippen LogP contribution in [-0.4, -0.2) is 40.6 Å². The summed E-state index contributed by atoms with van der Waals surface area (Å²) in [5.74, 6) is 0. The van der Waals surface area contributed by atoms with Crippen molar-refractivity contribution < 1.29 is 4.74 Å².